The summed E-state index contributed by atoms with van der Waals surface area (Å²) in [6, 6.07) is 11.1. The van der Waals surface area contributed by atoms with Crippen LogP contribution in [0.5, 0.6) is 0 Å². The highest BCUT2D eigenvalue weighted by molar-refractivity contribution is 5.16. The molecule has 0 amide bonds. The first-order valence-corrected chi connectivity index (χ1v) is 8.14. The summed E-state index contributed by atoms with van der Waals surface area (Å²) in [6.45, 7) is 0. The molecule has 2 atom stereocenters. The van der Waals surface area contributed by atoms with E-state index in [1.54, 1.807) is 0 Å². The van der Waals surface area contributed by atoms with Gasteiger partial charge in [0.2, 0.25) is 0 Å². The lowest BCUT2D eigenvalue weighted by molar-refractivity contribution is 0.286. The molecule has 2 unspecified atom stereocenters. The van der Waals surface area contributed by atoms with Crippen LogP contribution in [0.25, 0.3) is 0 Å². The summed E-state index contributed by atoms with van der Waals surface area (Å²) >= 11 is 0. The van der Waals surface area contributed by atoms with Crippen molar-refractivity contribution in [1.29, 1.82) is 0 Å². The van der Waals surface area contributed by atoms with Crippen molar-refractivity contribution in [2.24, 2.45) is 11.8 Å². The van der Waals surface area contributed by atoms with Gasteiger partial charge in [-0.3, -0.25) is 0 Å². The minimum absolute atomic E-state index is 0.919. The van der Waals surface area contributed by atoms with Gasteiger partial charge in [-0.2, -0.15) is 0 Å². The zero-order valence-electron chi connectivity index (χ0n) is 12.0. The molecule has 0 nitrogen and oxygen atoms in total. The minimum atomic E-state index is 0.919. The molecule has 0 aliphatic heterocycles. The van der Waals surface area contributed by atoms with E-state index in [9.17, 15) is 0 Å². The zero-order chi connectivity index (χ0) is 12.9. The van der Waals surface area contributed by atoms with Crippen LogP contribution in [-0.4, -0.2) is 0 Å². The maximum absolute atomic E-state index is 2.57. The van der Waals surface area contributed by atoms with Crippen LogP contribution in [0.3, 0.4) is 0 Å². The van der Waals surface area contributed by atoms with Crippen LogP contribution in [0, 0.1) is 11.8 Å². The predicted octanol–water partition coefficient (Wildman–Crippen LogP) is 5.54. The van der Waals surface area contributed by atoms with E-state index in [1.807, 2.05) is 5.57 Å². The fraction of sp³-hybridized carbons (Fsp3) is 0.579. The van der Waals surface area contributed by atoms with Gasteiger partial charge in [-0.1, -0.05) is 54.8 Å². The van der Waals surface area contributed by atoms with Crippen LogP contribution in [0.2, 0.25) is 0 Å². The summed E-state index contributed by atoms with van der Waals surface area (Å²) in [5.74, 6) is 1.84. The Morgan fingerprint density at radius 1 is 0.947 bits per heavy atom. The highest BCUT2D eigenvalue weighted by atomic mass is 14.3. The molecule has 19 heavy (non-hydrogen) atoms. The number of allylic oxidation sites excluding steroid dienone is 2. The third-order valence-electron chi connectivity index (χ3n) is 5.00. The van der Waals surface area contributed by atoms with Gasteiger partial charge in [0.15, 0.2) is 0 Å². The van der Waals surface area contributed by atoms with Gasteiger partial charge in [0.05, 0.1) is 0 Å². The fourth-order valence-electron chi connectivity index (χ4n) is 3.99. The van der Waals surface area contributed by atoms with Gasteiger partial charge in [0.25, 0.3) is 0 Å². The largest absolute Gasteiger partial charge is 0.0851 e. The van der Waals surface area contributed by atoms with Gasteiger partial charge in [-0.25, -0.2) is 0 Å². The quantitative estimate of drug-likeness (QED) is 0.622. The Morgan fingerprint density at radius 2 is 1.84 bits per heavy atom. The zero-order valence-corrected chi connectivity index (χ0v) is 12.0. The van der Waals surface area contributed by atoms with E-state index < -0.39 is 0 Å². The number of hydrogen-bond donors (Lipinski definition) is 0. The first kappa shape index (κ1) is 13.0. The third kappa shape index (κ3) is 3.49. The molecule has 2 aliphatic carbocycles. The van der Waals surface area contributed by atoms with Crippen LogP contribution in [-0.2, 0) is 6.42 Å². The van der Waals surface area contributed by atoms with E-state index in [1.165, 1.54) is 63.4 Å². The monoisotopic (exact) mass is 254 g/mol. The smallest absolute Gasteiger partial charge is 0.0200 e. The maximum Gasteiger partial charge on any atom is -0.0200 e. The predicted molar refractivity (Wildman–Crippen MR) is 82.1 cm³/mol. The van der Waals surface area contributed by atoms with Crippen molar-refractivity contribution in [3.63, 3.8) is 0 Å². The Hall–Kier alpha value is -1.04. The molecule has 0 N–H and O–H groups in total. The maximum atomic E-state index is 2.57. The van der Waals surface area contributed by atoms with Crippen molar-refractivity contribution < 1.29 is 0 Å². The molecular formula is C19H26. The molecule has 2 aliphatic rings. The van der Waals surface area contributed by atoms with Gasteiger partial charge in [-0.05, 0) is 62.3 Å². The van der Waals surface area contributed by atoms with Crippen LogP contribution in [0.1, 0.15) is 56.9 Å². The molecule has 3 rings (SSSR count). The molecule has 0 radical (unpaired) electrons. The van der Waals surface area contributed by atoms with E-state index >= 15 is 0 Å². The van der Waals surface area contributed by atoms with Crippen molar-refractivity contribution in [3.05, 3.63) is 47.5 Å². The Labute approximate surface area is 117 Å². The van der Waals surface area contributed by atoms with E-state index in [4.69, 9.17) is 0 Å². The van der Waals surface area contributed by atoms with Gasteiger partial charge in [0.1, 0.15) is 0 Å². The molecule has 102 valence electrons. The standard InChI is InChI=1S/C19H26/c1-3-8-16(9-4-1)14-17-10-7-13-19(15-17)18-11-5-2-6-12-18/h1,3-4,8-9,11,17,19H,2,5-7,10,12-15H2. The first-order valence-electron chi connectivity index (χ1n) is 8.14. The van der Waals surface area contributed by atoms with E-state index in [2.05, 4.69) is 36.4 Å². The Kier molecular flexibility index (Phi) is 4.37. The molecule has 1 fully saturated rings. The third-order valence-corrected chi connectivity index (χ3v) is 5.00. The molecule has 0 heteroatoms. The molecule has 1 aromatic rings. The normalized spacial score (nSPS) is 27.9. The van der Waals surface area contributed by atoms with Crippen LogP contribution >= 0.6 is 0 Å². The highest BCUT2D eigenvalue weighted by Gasteiger charge is 2.25. The summed E-state index contributed by atoms with van der Waals surface area (Å²) in [6.07, 6.45) is 15.2. The van der Waals surface area contributed by atoms with Crippen LogP contribution < -0.4 is 0 Å². The van der Waals surface area contributed by atoms with Crippen molar-refractivity contribution in [2.75, 3.05) is 0 Å². The molecule has 0 bridgehead atoms. The second-order valence-corrected chi connectivity index (χ2v) is 6.44. The van der Waals surface area contributed by atoms with Crippen LogP contribution in [0.4, 0.5) is 0 Å². The summed E-state index contributed by atoms with van der Waals surface area (Å²) < 4.78 is 0. The lowest BCUT2D eigenvalue weighted by atomic mass is 9.73. The average molecular weight is 254 g/mol. The van der Waals surface area contributed by atoms with E-state index in [0.717, 1.165) is 11.8 Å². The van der Waals surface area contributed by atoms with Crippen LogP contribution in [0.15, 0.2) is 42.0 Å². The van der Waals surface area contributed by atoms with Crippen molar-refractivity contribution in [3.8, 4) is 0 Å². The van der Waals surface area contributed by atoms with Crippen molar-refractivity contribution in [2.45, 2.75) is 57.8 Å². The Bertz CT molecular complexity index is 415. The summed E-state index contributed by atoms with van der Waals surface area (Å²) in [7, 11) is 0. The molecule has 1 aromatic carbocycles. The second-order valence-electron chi connectivity index (χ2n) is 6.44. The Morgan fingerprint density at radius 3 is 2.63 bits per heavy atom. The second kappa shape index (κ2) is 6.41. The lowest BCUT2D eigenvalue weighted by Gasteiger charge is -2.32. The average Bonchev–Trinajstić information content (AvgIpc) is 2.49. The van der Waals surface area contributed by atoms with Crippen molar-refractivity contribution >= 4 is 0 Å². The highest BCUT2D eigenvalue weighted by Crippen LogP contribution is 2.38. The number of rotatable bonds is 3. The molecule has 0 saturated heterocycles. The SMILES string of the molecule is C1=C(C2CCCC(Cc3ccccc3)C2)CCCC1. The van der Waals surface area contributed by atoms with E-state index in [0.29, 0.717) is 0 Å². The topological polar surface area (TPSA) is 0 Å². The van der Waals surface area contributed by atoms with Gasteiger partial charge >= 0.3 is 0 Å². The lowest BCUT2D eigenvalue weighted by Crippen LogP contribution is -2.19. The molecule has 0 aromatic heterocycles. The summed E-state index contributed by atoms with van der Waals surface area (Å²) in [4.78, 5) is 0. The van der Waals surface area contributed by atoms with E-state index in [-0.39, 0.29) is 0 Å². The minimum Gasteiger partial charge on any atom is -0.0851 e. The Balaban J connectivity index is 1.60. The van der Waals surface area contributed by atoms with Gasteiger partial charge in [-0.15, -0.1) is 0 Å². The van der Waals surface area contributed by atoms with Crippen molar-refractivity contribution in [1.82, 2.24) is 0 Å². The molecule has 0 spiro atoms. The fourth-order valence-corrected chi connectivity index (χ4v) is 3.99. The molecule has 1 saturated carbocycles. The van der Waals surface area contributed by atoms with Gasteiger partial charge in [0, 0.05) is 0 Å². The molecule has 0 heterocycles. The summed E-state index contributed by atoms with van der Waals surface area (Å²) in [5.41, 5.74) is 3.34. The summed E-state index contributed by atoms with van der Waals surface area (Å²) in [5, 5.41) is 0. The first-order chi connectivity index (χ1) is 9.42. The van der Waals surface area contributed by atoms with Gasteiger partial charge < -0.3 is 0 Å². The molecular weight excluding hydrogens is 228 g/mol. The number of benzene rings is 1. The number of hydrogen-bond acceptors (Lipinski definition) is 0.